The molecule has 88 valence electrons. The van der Waals surface area contributed by atoms with Gasteiger partial charge in [0.2, 0.25) is 0 Å². The van der Waals surface area contributed by atoms with Crippen molar-refractivity contribution in [2.75, 3.05) is 0 Å². The average Bonchev–Trinajstić information content (AvgIpc) is 2.85. The van der Waals surface area contributed by atoms with Crippen molar-refractivity contribution in [2.24, 2.45) is 0 Å². The number of imidazole rings is 1. The van der Waals surface area contributed by atoms with Crippen LogP contribution in [0.4, 0.5) is 0 Å². The maximum absolute atomic E-state index is 9.90. The summed E-state index contributed by atoms with van der Waals surface area (Å²) in [4.78, 5) is 4.17. The van der Waals surface area contributed by atoms with Crippen LogP contribution in [0.2, 0.25) is 10.0 Å². The molecular formula is C12H5Cl2N3O. The molecule has 0 atom stereocenters. The number of hydrogen-bond acceptors (Lipinski definition) is 3. The van der Waals surface area contributed by atoms with Gasteiger partial charge in [0.05, 0.1) is 5.02 Å². The van der Waals surface area contributed by atoms with Crippen molar-refractivity contribution in [3.63, 3.8) is 0 Å². The molecule has 0 aliphatic heterocycles. The highest BCUT2D eigenvalue weighted by Crippen LogP contribution is 2.42. The second-order valence-corrected chi connectivity index (χ2v) is 4.48. The van der Waals surface area contributed by atoms with E-state index in [1.807, 2.05) is 6.07 Å². The van der Waals surface area contributed by atoms with Gasteiger partial charge in [-0.05, 0) is 6.07 Å². The van der Waals surface area contributed by atoms with Gasteiger partial charge in [0.15, 0.2) is 5.75 Å². The number of aromatic nitrogens is 2. The van der Waals surface area contributed by atoms with E-state index in [0.717, 1.165) is 0 Å². The molecule has 0 saturated heterocycles. The summed E-state index contributed by atoms with van der Waals surface area (Å²) in [6, 6.07) is 3.68. The van der Waals surface area contributed by atoms with E-state index in [0.29, 0.717) is 16.4 Å². The minimum Gasteiger partial charge on any atom is -0.505 e. The van der Waals surface area contributed by atoms with Crippen LogP contribution in [0.5, 0.6) is 5.75 Å². The van der Waals surface area contributed by atoms with E-state index in [-0.39, 0.29) is 21.4 Å². The molecule has 0 unspecified atom stereocenters. The number of halogens is 2. The molecule has 3 rings (SSSR count). The summed E-state index contributed by atoms with van der Waals surface area (Å²) < 4.78 is 1.74. The van der Waals surface area contributed by atoms with Crippen molar-refractivity contribution in [3.8, 4) is 11.8 Å². The molecule has 18 heavy (non-hydrogen) atoms. The zero-order valence-corrected chi connectivity index (χ0v) is 10.4. The first-order valence-electron chi connectivity index (χ1n) is 5.00. The van der Waals surface area contributed by atoms with E-state index in [1.54, 1.807) is 29.1 Å². The van der Waals surface area contributed by atoms with Gasteiger partial charge in [0.25, 0.3) is 0 Å². The number of aromatic hydroxyl groups is 1. The van der Waals surface area contributed by atoms with Crippen LogP contribution in [0.25, 0.3) is 16.4 Å². The van der Waals surface area contributed by atoms with E-state index < -0.39 is 0 Å². The first-order chi connectivity index (χ1) is 8.65. The Morgan fingerprint density at radius 3 is 2.78 bits per heavy atom. The Morgan fingerprint density at radius 1 is 1.28 bits per heavy atom. The van der Waals surface area contributed by atoms with E-state index in [9.17, 15) is 10.4 Å². The second kappa shape index (κ2) is 3.77. The first kappa shape index (κ1) is 11.1. The summed E-state index contributed by atoms with van der Waals surface area (Å²) in [5.41, 5.74) is 0.633. The van der Waals surface area contributed by atoms with Gasteiger partial charge in [-0.15, -0.1) is 0 Å². The lowest BCUT2D eigenvalue weighted by Gasteiger charge is -2.09. The quantitative estimate of drug-likeness (QED) is 0.685. The monoisotopic (exact) mass is 277 g/mol. The Hall–Kier alpha value is -1.96. The highest BCUT2D eigenvalue weighted by molar-refractivity contribution is 6.46. The van der Waals surface area contributed by atoms with Gasteiger partial charge in [-0.2, -0.15) is 5.26 Å². The molecule has 1 aromatic carbocycles. The predicted molar refractivity (Wildman–Crippen MR) is 69.1 cm³/mol. The van der Waals surface area contributed by atoms with Crippen LogP contribution in [0, 0.1) is 11.3 Å². The van der Waals surface area contributed by atoms with Gasteiger partial charge in [0, 0.05) is 29.4 Å². The van der Waals surface area contributed by atoms with Gasteiger partial charge in [-0.3, -0.25) is 0 Å². The van der Waals surface area contributed by atoms with Crippen molar-refractivity contribution in [1.82, 2.24) is 9.38 Å². The lowest BCUT2D eigenvalue weighted by Crippen LogP contribution is -1.91. The van der Waals surface area contributed by atoms with E-state index in [1.165, 1.54) is 0 Å². The maximum atomic E-state index is 9.90. The number of pyridine rings is 1. The number of benzene rings is 1. The van der Waals surface area contributed by atoms with Crippen LogP contribution in [0.3, 0.4) is 0 Å². The zero-order chi connectivity index (χ0) is 12.9. The molecule has 1 N–H and O–H groups in total. The van der Waals surface area contributed by atoms with Crippen LogP contribution in [0.15, 0.2) is 24.7 Å². The molecule has 2 aromatic heterocycles. The fraction of sp³-hybridized carbons (Fsp3) is 0. The van der Waals surface area contributed by atoms with Crippen LogP contribution in [0.1, 0.15) is 5.56 Å². The van der Waals surface area contributed by atoms with Crippen molar-refractivity contribution in [2.45, 2.75) is 0 Å². The second-order valence-electron chi connectivity index (χ2n) is 3.73. The van der Waals surface area contributed by atoms with E-state index >= 15 is 0 Å². The molecule has 0 aliphatic carbocycles. The molecule has 2 heterocycles. The van der Waals surface area contributed by atoms with E-state index in [2.05, 4.69) is 4.98 Å². The third-order valence-corrected chi connectivity index (χ3v) is 3.66. The number of nitriles is 1. The Kier molecular flexibility index (Phi) is 2.34. The summed E-state index contributed by atoms with van der Waals surface area (Å²) in [6.45, 7) is 0. The number of rotatable bonds is 0. The Bertz CT molecular complexity index is 833. The fourth-order valence-electron chi connectivity index (χ4n) is 1.97. The maximum Gasteiger partial charge on any atom is 0.154 e. The van der Waals surface area contributed by atoms with Crippen molar-refractivity contribution >= 4 is 39.6 Å². The summed E-state index contributed by atoms with van der Waals surface area (Å²) in [6.07, 6.45) is 5.12. The largest absolute Gasteiger partial charge is 0.505 e. The SMILES string of the molecule is N#Cc1c(O)c(Cl)c(Cl)c2ccn3ccnc3c12. The average molecular weight is 278 g/mol. The molecule has 6 heteroatoms. The Morgan fingerprint density at radius 2 is 2.06 bits per heavy atom. The van der Waals surface area contributed by atoms with Gasteiger partial charge in [0.1, 0.15) is 22.3 Å². The van der Waals surface area contributed by atoms with E-state index in [4.69, 9.17) is 23.2 Å². The number of nitrogens with zero attached hydrogens (tertiary/aromatic N) is 3. The molecule has 4 nitrogen and oxygen atoms in total. The molecule has 0 aliphatic rings. The number of fused-ring (bicyclic) bond motifs is 3. The summed E-state index contributed by atoms with van der Waals surface area (Å²) in [5.74, 6) is -0.312. The summed E-state index contributed by atoms with van der Waals surface area (Å²) in [5, 5.41) is 20.4. The third kappa shape index (κ3) is 1.29. The third-order valence-electron chi connectivity index (χ3n) is 2.80. The van der Waals surface area contributed by atoms with Crippen LogP contribution >= 0.6 is 23.2 Å². The number of phenols is 1. The van der Waals surface area contributed by atoms with Crippen molar-refractivity contribution < 1.29 is 5.11 Å². The first-order valence-corrected chi connectivity index (χ1v) is 5.76. The standard InChI is InChI=1S/C12H5Cl2N3O/c13-9-6-1-3-17-4-2-16-12(17)8(6)7(5-15)11(18)10(9)14/h1-4,18H. The summed E-state index contributed by atoms with van der Waals surface area (Å²) in [7, 11) is 0. The molecular weight excluding hydrogens is 273 g/mol. The highest BCUT2D eigenvalue weighted by Gasteiger charge is 2.19. The normalized spacial score (nSPS) is 10.9. The molecule has 3 aromatic rings. The Labute approximate surface area is 112 Å². The fourth-order valence-corrected chi connectivity index (χ4v) is 2.42. The minimum atomic E-state index is -0.312. The van der Waals surface area contributed by atoms with Gasteiger partial charge < -0.3 is 9.51 Å². The number of hydrogen-bond donors (Lipinski definition) is 1. The lowest BCUT2D eigenvalue weighted by atomic mass is 10.1. The smallest absolute Gasteiger partial charge is 0.154 e. The molecule has 0 radical (unpaired) electrons. The van der Waals surface area contributed by atoms with Crippen LogP contribution in [-0.4, -0.2) is 14.5 Å². The van der Waals surface area contributed by atoms with Gasteiger partial charge in [-0.1, -0.05) is 23.2 Å². The lowest BCUT2D eigenvalue weighted by molar-refractivity contribution is 0.475. The minimum absolute atomic E-state index is 0.0170. The topological polar surface area (TPSA) is 61.3 Å². The molecule has 0 saturated carbocycles. The molecule has 0 amide bonds. The van der Waals surface area contributed by atoms with Crippen LogP contribution < -0.4 is 0 Å². The highest BCUT2D eigenvalue weighted by atomic mass is 35.5. The summed E-state index contributed by atoms with van der Waals surface area (Å²) >= 11 is 12.0. The van der Waals surface area contributed by atoms with Gasteiger partial charge >= 0.3 is 0 Å². The Balaban J connectivity index is 2.71. The molecule has 0 spiro atoms. The van der Waals surface area contributed by atoms with Gasteiger partial charge in [-0.25, -0.2) is 4.98 Å². The van der Waals surface area contributed by atoms with Crippen molar-refractivity contribution in [3.05, 3.63) is 40.3 Å². The van der Waals surface area contributed by atoms with Crippen molar-refractivity contribution in [1.29, 1.82) is 5.26 Å². The molecule has 0 bridgehead atoms. The zero-order valence-electron chi connectivity index (χ0n) is 8.85. The van der Waals surface area contributed by atoms with Crippen LogP contribution in [-0.2, 0) is 0 Å². The molecule has 0 fully saturated rings. The predicted octanol–water partition coefficient (Wildman–Crippen LogP) is 3.37. The number of phenolic OH excluding ortho intramolecular Hbond substituents is 1.